The summed E-state index contributed by atoms with van der Waals surface area (Å²) < 4.78 is 0. The lowest BCUT2D eigenvalue weighted by atomic mass is 10.0. The Hall–Kier alpha value is -1.64. The third-order valence-electron chi connectivity index (χ3n) is 3.76. The molecule has 106 valence electrons. The summed E-state index contributed by atoms with van der Waals surface area (Å²) in [6, 6.07) is 20.8. The van der Waals surface area contributed by atoms with E-state index in [1.165, 1.54) is 11.1 Å². The number of likely N-dealkylation sites (N-methyl/N-ethyl adjacent to an activating group) is 1. The van der Waals surface area contributed by atoms with E-state index in [1.54, 1.807) is 0 Å². The zero-order chi connectivity index (χ0) is 14.4. The molecule has 0 bridgehead atoms. The lowest BCUT2D eigenvalue weighted by Gasteiger charge is -2.27. The molecule has 0 aliphatic carbocycles. The van der Waals surface area contributed by atoms with Crippen LogP contribution >= 0.6 is 0 Å². The first-order valence-corrected chi connectivity index (χ1v) is 7.14. The zero-order valence-electron chi connectivity index (χ0n) is 12.2. The Morgan fingerprint density at radius 1 is 0.950 bits per heavy atom. The molecule has 2 rings (SSSR count). The second-order valence-electron chi connectivity index (χ2n) is 5.37. The molecule has 0 aliphatic heterocycles. The van der Waals surface area contributed by atoms with Crippen molar-refractivity contribution in [1.29, 1.82) is 0 Å². The second kappa shape index (κ2) is 7.22. The van der Waals surface area contributed by atoms with Crippen LogP contribution in [0.1, 0.15) is 24.1 Å². The molecule has 2 heteroatoms. The van der Waals surface area contributed by atoms with E-state index < -0.39 is 0 Å². The van der Waals surface area contributed by atoms with Crippen molar-refractivity contribution in [2.45, 2.75) is 25.5 Å². The zero-order valence-corrected chi connectivity index (χ0v) is 12.2. The lowest BCUT2D eigenvalue weighted by molar-refractivity contribution is 0.108. The Bertz CT molecular complexity index is 497. The Balaban J connectivity index is 1.89. The predicted octanol–water partition coefficient (Wildman–Crippen LogP) is 3.28. The van der Waals surface area contributed by atoms with Crippen LogP contribution in [-0.4, -0.2) is 29.7 Å². The number of rotatable bonds is 6. The van der Waals surface area contributed by atoms with Crippen LogP contribution < -0.4 is 0 Å². The number of benzene rings is 2. The highest BCUT2D eigenvalue weighted by Gasteiger charge is 2.15. The third-order valence-corrected chi connectivity index (χ3v) is 3.76. The standard InChI is InChI=1S/C18H23NO/c1-15(17-11-7-4-8-12-17)19(2)14-18(20)13-16-9-5-3-6-10-16/h3-12,15,18,20H,13-14H2,1-2H3. The molecule has 0 amide bonds. The van der Waals surface area contributed by atoms with Gasteiger partial charge < -0.3 is 5.11 Å². The maximum atomic E-state index is 10.2. The first kappa shape index (κ1) is 14.8. The van der Waals surface area contributed by atoms with E-state index in [2.05, 4.69) is 55.3 Å². The smallest absolute Gasteiger partial charge is 0.0707 e. The first-order chi connectivity index (χ1) is 9.66. The largest absolute Gasteiger partial charge is 0.391 e. The molecule has 0 aliphatic rings. The van der Waals surface area contributed by atoms with Gasteiger partial charge in [0.25, 0.3) is 0 Å². The van der Waals surface area contributed by atoms with Crippen LogP contribution in [0.5, 0.6) is 0 Å². The normalized spacial score (nSPS) is 14.2. The first-order valence-electron chi connectivity index (χ1n) is 7.14. The van der Waals surface area contributed by atoms with Crippen LogP contribution in [0.4, 0.5) is 0 Å². The van der Waals surface area contributed by atoms with Crippen LogP contribution in [0, 0.1) is 0 Å². The molecular weight excluding hydrogens is 246 g/mol. The van der Waals surface area contributed by atoms with Crippen molar-refractivity contribution in [2.24, 2.45) is 0 Å². The lowest BCUT2D eigenvalue weighted by Crippen LogP contribution is -2.32. The highest BCUT2D eigenvalue weighted by atomic mass is 16.3. The van der Waals surface area contributed by atoms with Gasteiger partial charge in [0.15, 0.2) is 0 Å². The summed E-state index contributed by atoms with van der Waals surface area (Å²) in [5.74, 6) is 0. The van der Waals surface area contributed by atoms with Gasteiger partial charge in [0.2, 0.25) is 0 Å². The van der Waals surface area contributed by atoms with Gasteiger partial charge in [0, 0.05) is 12.6 Å². The van der Waals surface area contributed by atoms with Gasteiger partial charge in [-0.25, -0.2) is 0 Å². The summed E-state index contributed by atoms with van der Waals surface area (Å²) in [6.07, 6.45) is 0.362. The molecule has 20 heavy (non-hydrogen) atoms. The highest BCUT2D eigenvalue weighted by Crippen LogP contribution is 2.18. The van der Waals surface area contributed by atoms with E-state index in [0.29, 0.717) is 19.0 Å². The van der Waals surface area contributed by atoms with Crippen LogP contribution in [0.25, 0.3) is 0 Å². The molecule has 0 radical (unpaired) electrons. The molecule has 0 heterocycles. The number of hydrogen-bond acceptors (Lipinski definition) is 2. The fourth-order valence-corrected chi connectivity index (χ4v) is 2.43. The van der Waals surface area contributed by atoms with E-state index >= 15 is 0 Å². The quantitative estimate of drug-likeness (QED) is 0.870. The van der Waals surface area contributed by atoms with E-state index in [1.807, 2.05) is 24.3 Å². The van der Waals surface area contributed by atoms with Gasteiger partial charge in [-0.3, -0.25) is 4.90 Å². The maximum absolute atomic E-state index is 10.2. The molecule has 2 unspecified atom stereocenters. The Kier molecular flexibility index (Phi) is 5.33. The minimum absolute atomic E-state index is 0.307. The molecule has 0 aromatic heterocycles. The van der Waals surface area contributed by atoms with E-state index in [0.717, 1.165) is 0 Å². The number of hydrogen-bond donors (Lipinski definition) is 1. The van der Waals surface area contributed by atoms with Crippen molar-refractivity contribution in [1.82, 2.24) is 4.90 Å². The molecule has 0 saturated heterocycles. The molecule has 0 spiro atoms. The van der Waals surface area contributed by atoms with Crippen molar-refractivity contribution in [3.8, 4) is 0 Å². The number of aliphatic hydroxyl groups is 1. The third kappa shape index (κ3) is 4.19. The van der Waals surface area contributed by atoms with Crippen molar-refractivity contribution < 1.29 is 5.11 Å². The molecular formula is C18H23NO. The summed E-state index contributed by atoms with van der Waals surface area (Å²) >= 11 is 0. The van der Waals surface area contributed by atoms with E-state index in [-0.39, 0.29) is 6.10 Å². The van der Waals surface area contributed by atoms with Gasteiger partial charge in [-0.1, -0.05) is 60.7 Å². The summed E-state index contributed by atoms with van der Waals surface area (Å²) in [7, 11) is 2.06. The molecule has 1 N–H and O–H groups in total. The fraction of sp³-hybridized carbons (Fsp3) is 0.333. The van der Waals surface area contributed by atoms with Crippen LogP contribution in [0.2, 0.25) is 0 Å². The highest BCUT2D eigenvalue weighted by molar-refractivity contribution is 5.18. The molecule has 2 atom stereocenters. The van der Waals surface area contributed by atoms with E-state index in [4.69, 9.17) is 0 Å². The maximum Gasteiger partial charge on any atom is 0.0707 e. The Morgan fingerprint density at radius 3 is 2.10 bits per heavy atom. The number of nitrogens with zero attached hydrogens (tertiary/aromatic N) is 1. The van der Waals surface area contributed by atoms with Gasteiger partial charge >= 0.3 is 0 Å². The summed E-state index contributed by atoms with van der Waals surface area (Å²) in [6.45, 7) is 2.84. The van der Waals surface area contributed by atoms with Crippen LogP contribution in [0.15, 0.2) is 60.7 Å². The monoisotopic (exact) mass is 269 g/mol. The molecule has 2 nitrogen and oxygen atoms in total. The summed E-state index contributed by atoms with van der Waals surface area (Å²) in [5, 5.41) is 10.2. The van der Waals surface area contributed by atoms with Gasteiger partial charge in [-0.15, -0.1) is 0 Å². The van der Waals surface area contributed by atoms with Gasteiger partial charge in [-0.05, 0) is 31.5 Å². The predicted molar refractivity (Wildman–Crippen MR) is 83.6 cm³/mol. The van der Waals surface area contributed by atoms with Crippen molar-refractivity contribution in [2.75, 3.05) is 13.6 Å². The number of aliphatic hydroxyl groups excluding tert-OH is 1. The Morgan fingerprint density at radius 2 is 1.50 bits per heavy atom. The second-order valence-corrected chi connectivity index (χ2v) is 5.37. The molecule has 2 aromatic carbocycles. The van der Waals surface area contributed by atoms with Gasteiger partial charge in [-0.2, -0.15) is 0 Å². The van der Waals surface area contributed by atoms with Crippen molar-refractivity contribution in [3.63, 3.8) is 0 Å². The van der Waals surface area contributed by atoms with Gasteiger partial charge in [0.05, 0.1) is 6.10 Å². The Labute approximate surface area is 121 Å². The van der Waals surface area contributed by atoms with Crippen LogP contribution in [0.3, 0.4) is 0 Å². The molecule has 0 saturated carbocycles. The summed E-state index contributed by atoms with van der Waals surface area (Å²) in [5.41, 5.74) is 2.46. The average Bonchev–Trinajstić information content (AvgIpc) is 2.48. The van der Waals surface area contributed by atoms with Crippen LogP contribution in [-0.2, 0) is 6.42 Å². The van der Waals surface area contributed by atoms with Gasteiger partial charge in [0.1, 0.15) is 0 Å². The van der Waals surface area contributed by atoms with Crippen molar-refractivity contribution >= 4 is 0 Å². The SMILES string of the molecule is CC(c1ccccc1)N(C)CC(O)Cc1ccccc1. The average molecular weight is 269 g/mol. The minimum atomic E-state index is -0.339. The molecule has 0 fully saturated rings. The minimum Gasteiger partial charge on any atom is -0.391 e. The van der Waals surface area contributed by atoms with Crippen molar-refractivity contribution in [3.05, 3.63) is 71.8 Å². The fourth-order valence-electron chi connectivity index (χ4n) is 2.43. The van der Waals surface area contributed by atoms with E-state index in [9.17, 15) is 5.11 Å². The topological polar surface area (TPSA) is 23.5 Å². The molecule has 2 aromatic rings. The summed E-state index contributed by atoms with van der Waals surface area (Å²) in [4.78, 5) is 2.20.